The van der Waals surface area contributed by atoms with Crippen LogP contribution < -0.4 is 5.73 Å². The predicted octanol–water partition coefficient (Wildman–Crippen LogP) is 1.73. The number of nitrogens with one attached hydrogen (secondary N) is 1. The number of rotatable bonds is 1. The number of hydrogen-bond acceptors (Lipinski definition) is 4. The van der Waals surface area contributed by atoms with Crippen molar-refractivity contribution in [1.29, 1.82) is 0 Å². The van der Waals surface area contributed by atoms with Gasteiger partial charge in [0, 0.05) is 4.88 Å². The van der Waals surface area contributed by atoms with Crippen molar-refractivity contribution in [2.75, 3.05) is 5.73 Å². The van der Waals surface area contributed by atoms with Gasteiger partial charge >= 0.3 is 0 Å². The maximum Gasteiger partial charge on any atom is 0.158 e. The first-order chi connectivity index (χ1) is 6.20. The largest absolute Gasteiger partial charge is 0.390 e. The lowest BCUT2D eigenvalue weighted by molar-refractivity contribution is 1.09. The number of aryl methyl sites for hydroxylation is 1. The maximum atomic E-state index is 5.86. The van der Waals surface area contributed by atoms with Crippen LogP contribution in [0, 0.1) is 13.8 Å². The fourth-order valence-corrected chi connectivity index (χ4v) is 2.21. The SMILES string of the molecule is Cc1sc(N)c(-c2ncn[nH]2)c1C. The Labute approximate surface area is 79.8 Å². The minimum atomic E-state index is 0.749. The number of aromatic nitrogens is 3. The van der Waals surface area contributed by atoms with Gasteiger partial charge in [-0.3, -0.25) is 5.10 Å². The molecule has 0 amide bonds. The van der Waals surface area contributed by atoms with E-state index >= 15 is 0 Å². The summed E-state index contributed by atoms with van der Waals surface area (Å²) in [7, 11) is 0. The number of aromatic amines is 1. The molecule has 0 spiro atoms. The molecule has 0 atom stereocenters. The van der Waals surface area contributed by atoms with Crippen molar-refractivity contribution in [3.8, 4) is 11.4 Å². The van der Waals surface area contributed by atoms with Crippen molar-refractivity contribution in [2.45, 2.75) is 13.8 Å². The number of H-pyrrole nitrogens is 1. The summed E-state index contributed by atoms with van der Waals surface area (Å²) >= 11 is 1.58. The quantitative estimate of drug-likeness (QED) is 0.726. The van der Waals surface area contributed by atoms with E-state index in [1.165, 1.54) is 16.8 Å². The molecule has 2 aromatic rings. The fourth-order valence-electron chi connectivity index (χ4n) is 1.27. The van der Waals surface area contributed by atoms with Crippen LogP contribution in [-0.4, -0.2) is 15.2 Å². The Morgan fingerprint density at radius 2 is 2.23 bits per heavy atom. The zero-order chi connectivity index (χ0) is 9.42. The van der Waals surface area contributed by atoms with Crippen LogP contribution in [0.4, 0.5) is 5.00 Å². The first kappa shape index (κ1) is 8.25. The van der Waals surface area contributed by atoms with Crippen LogP contribution in [-0.2, 0) is 0 Å². The van der Waals surface area contributed by atoms with Crippen LogP contribution in [0.3, 0.4) is 0 Å². The van der Waals surface area contributed by atoms with E-state index in [-0.39, 0.29) is 0 Å². The average Bonchev–Trinajstić information content (AvgIpc) is 2.63. The highest BCUT2D eigenvalue weighted by Crippen LogP contribution is 2.35. The molecule has 5 heteroatoms. The second-order valence-electron chi connectivity index (χ2n) is 2.86. The standard InChI is InChI=1S/C8H10N4S/c1-4-5(2)13-7(9)6(4)8-10-3-11-12-8/h3H,9H2,1-2H3,(H,10,11,12). The monoisotopic (exact) mass is 194 g/mol. The first-order valence-electron chi connectivity index (χ1n) is 3.91. The smallest absolute Gasteiger partial charge is 0.158 e. The molecule has 0 aromatic carbocycles. The van der Waals surface area contributed by atoms with Crippen molar-refractivity contribution < 1.29 is 0 Å². The lowest BCUT2D eigenvalue weighted by atomic mass is 10.1. The van der Waals surface area contributed by atoms with Crippen molar-refractivity contribution in [1.82, 2.24) is 15.2 Å². The number of hydrogen-bond donors (Lipinski definition) is 2. The van der Waals surface area contributed by atoms with E-state index in [1.807, 2.05) is 6.92 Å². The highest BCUT2D eigenvalue weighted by molar-refractivity contribution is 7.16. The molecule has 0 unspecified atom stereocenters. The predicted molar refractivity (Wildman–Crippen MR) is 53.6 cm³/mol. The molecule has 0 saturated carbocycles. The van der Waals surface area contributed by atoms with Gasteiger partial charge in [0.25, 0.3) is 0 Å². The Morgan fingerprint density at radius 1 is 1.46 bits per heavy atom. The van der Waals surface area contributed by atoms with Gasteiger partial charge in [0.1, 0.15) is 6.33 Å². The lowest BCUT2D eigenvalue weighted by Crippen LogP contribution is -1.87. The topological polar surface area (TPSA) is 67.6 Å². The molecule has 2 rings (SSSR count). The van der Waals surface area contributed by atoms with Gasteiger partial charge in [-0.05, 0) is 19.4 Å². The van der Waals surface area contributed by atoms with E-state index < -0.39 is 0 Å². The van der Waals surface area contributed by atoms with Crippen molar-refractivity contribution in [2.24, 2.45) is 0 Å². The van der Waals surface area contributed by atoms with E-state index in [2.05, 4.69) is 22.1 Å². The summed E-state index contributed by atoms with van der Waals surface area (Å²) in [6.45, 7) is 4.09. The molecule has 0 saturated heterocycles. The third-order valence-corrected chi connectivity index (χ3v) is 3.10. The second-order valence-corrected chi connectivity index (χ2v) is 4.11. The Hall–Kier alpha value is -1.36. The third-order valence-electron chi connectivity index (χ3n) is 2.06. The van der Waals surface area contributed by atoms with Gasteiger partial charge in [-0.25, -0.2) is 4.98 Å². The Bertz CT molecular complexity index is 416. The summed E-state index contributed by atoms with van der Waals surface area (Å²) in [5.74, 6) is 0.749. The molecule has 0 aliphatic heterocycles. The molecule has 0 bridgehead atoms. The third kappa shape index (κ3) is 1.21. The van der Waals surface area contributed by atoms with Crippen molar-refractivity contribution in [3.63, 3.8) is 0 Å². The molecule has 13 heavy (non-hydrogen) atoms. The zero-order valence-electron chi connectivity index (χ0n) is 7.46. The molecule has 4 nitrogen and oxygen atoms in total. The van der Waals surface area contributed by atoms with Gasteiger partial charge < -0.3 is 5.73 Å². The van der Waals surface area contributed by atoms with Crippen molar-refractivity contribution >= 4 is 16.3 Å². The maximum absolute atomic E-state index is 5.86. The molecule has 2 aromatic heterocycles. The summed E-state index contributed by atoms with van der Waals surface area (Å²) in [5, 5.41) is 7.41. The van der Waals surface area contributed by atoms with E-state index in [1.54, 1.807) is 11.3 Å². The van der Waals surface area contributed by atoms with E-state index in [0.717, 1.165) is 16.4 Å². The molecule has 0 aliphatic rings. The van der Waals surface area contributed by atoms with Gasteiger partial charge in [0.05, 0.1) is 10.6 Å². The van der Waals surface area contributed by atoms with E-state index in [0.29, 0.717) is 0 Å². The van der Waals surface area contributed by atoms with Crippen LogP contribution in [0.25, 0.3) is 11.4 Å². The molecule has 68 valence electrons. The summed E-state index contributed by atoms with van der Waals surface area (Å²) in [6.07, 6.45) is 1.49. The molecule has 2 heterocycles. The molecular weight excluding hydrogens is 184 g/mol. The molecule has 3 N–H and O–H groups in total. The first-order valence-corrected chi connectivity index (χ1v) is 4.73. The lowest BCUT2D eigenvalue weighted by Gasteiger charge is -1.95. The van der Waals surface area contributed by atoms with Crippen LogP contribution in [0.15, 0.2) is 6.33 Å². The van der Waals surface area contributed by atoms with E-state index in [9.17, 15) is 0 Å². The minimum absolute atomic E-state index is 0.749. The number of nitrogen functional groups attached to an aromatic ring is 1. The summed E-state index contributed by atoms with van der Waals surface area (Å²) < 4.78 is 0. The van der Waals surface area contributed by atoms with Crippen molar-refractivity contribution in [3.05, 3.63) is 16.8 Å². The van der Waals surface area contributed by atoms with E-state index in [4.69, 9.17) is 5.73 Å². The summed E-state index contributed by atoms with van der Waals surface area (Å²) in [5.41, 5.74) is 8.03. The summed E-state index contributed by atoms with van der Waals surface area (Å²) in [4.78, 5) is 5.31. The highest BCUT2D eigenvalue weighted by atomic mass is 32.1. The zero-order valence-corrected chi connectivity index (χ0v) is 8.27. The van der Waals surface area contributed by atoms with Crippen LogP contribution in [0.5, 0.6) is 0 Å². The highest BCUT2D eigenvalue weighted by Gasteiger charge is 2.13. The van der Waals surface area contributed by atoms with Gasteiger partial charge in [-0.15, -0.1) is 11.3 Å². The Balaban J connectivity index is 2.64. The van der Waals surface area contributed by atoms with Crippen LogP contribution >= 0.6 is 11.3 Å². The van der Waals surface area contributed by atoms with Gasteiger partial charge in [-0.1, -0.05) is 0 Å². The minimum Gasteiger partial charge on any atom is -0.390 e. The fraction of sp³-hybridized carbons (Fsp3) is 0.250. The van der Waals surface area contributed by atoms with Gasteiger partial charge in [0.15, 0.2) is 5.82 Å². The van der Waals surface area contributed by atoms with Crippen LogP contribution in [0.1, 0.15) is 10.4 Å². The molecule has 0 fully saturated rings. The average molecular weight is 194 g/mol. The van der Waals surface area contributed by atoms with Crippen LogP contribution in [0.2, 0.25) is 0 Å². The molecule has 0 aliphatic carbocycles. The Morgan fingerprint density at radius 3 is 2.69 bits per heavy atom. The number of nitrogens with zero attached hydrogens (tertiary/aromatic N) is 2. The number of thiophene rings is 1. The second kappa shape index (κ2) is 2.85. The van der Waals surface area contributed by atoms with Gasteiger partial charge in [-0.2, -0.15) is 5.10 Å². The molecule has 0 radical (unpaired) electrons. The number of nitrogens with two attached hydrogens (primary N) is 1. The normalized spacial score (nSPS) is 10.6. The molecular formula is C8H10N4S. The summed E-state index contributed by atoms with van der Waals surface area (Å²) in [6, 6.07) is 0. The Kier molecular flexibility index (Phi) is 1.81. The number of anilines is 1. The van der Waals surface area contributed by atoms with Gasteiger partial charge in [0.2, 0.25) is 0 Å².